The molecule has 3 rings (SSSR count). The molecule has 158 valence electrons. The van der Waals surface area contributed by atoms with Crippen LogP contribution in [0, 0.1) is 11.7 Å². The van der Waals surface area contributed by atoms with Crippen LogP contribution in [0.4, 0.5) is 0 Å². The molecule has 1 aromatic heterocycles. The molecule has 1 N–H and O–H groups in total. The Hall–Kier alpha value is -2.93. The summed E-state index contributed by atoms with van der Waals surface area (Å²) in [6, 6.07) is 14.0. The fourth-order valence-corrected chi connectivity index (χ4v) is 3.38. The lowest BCUT2D eigenvalue weighted by Crippen LogP contribution is -2.05. The van der Waals surface area contributed by atoms with Gasteiger partial charge in [-0.05, 0) is 61.3 Å². The van der Waals surface area contributed by atoms with E-state index in [1.165, 1.54) is 5.56 Å². The predicted molar refractivity (Wildman–Crippen MR) is 122 cm³/mol. The molecule has 7 heteroatoms. The second-order valence-electron chi connectivity index (χ2n) is 7.14. The highest BCUT2D eigenvalue weighted by Crippen LogP contribution is 2.28. The molecule has 0 aliphatic carbocycles. The van der Waals surface area contributed by atoms with Crippen molar-refractivity contribution in [1.82, 2.24) is 14.9 Å². The van der Waals surface area contributed by atoms with E-state index in [0.29, 0.717) is 28.8 Å². The number of methoxy groups -OCH3 is 1. The van der Waals surface area contributed by atoms with Crippen molar-refractivity contribution in [2.75, 3.05) is 7.11 Å². The summed E-state index contributed by atoms with van der Waals surface area (Å²) in [5.74, 6) is 2.50. The third-order valence-electron chi connectivity index (χ3n) is 5.05. The molecule has 0 saturated heterocycles. The van der Waals surface area contributed by atoms with Gasteiger partial charge in [-0.1, -0.05) is 43.7 Å². The van der Waals surface area contributed by atoms with E-state index in [1.54, 1.807) is 18.0 Å². The number of hydrogen-bond acceptors (Lipinski definition) is 5. The molecule has 0 saturated carbocycles. The molecule has 0 amide bonds. The average Bonchev–Trinajstić information content (AvgIpc) is 3.13. The highest BCUT2D eigenvalue weighted by atomic mass is 32.1. The number of nitrogens with one attached hydrogen (secondary N) is 1. The summed E-state index contributed by atoms with van der Waals surface area (Å²) in [6.07, 6.45) is 3.71. The summed E-state index contributed by atoms with van der Waals surface area (Å²) in [4.78, 5) is 0. The standard InChI is InChI=1S/C23H28N4O2S/c1-5-19(6-2)22-25-26-23(30)27(22)24-14-18-11-12-20(28-4)21(13-18)29-15-17-9-7-16(3)8-10-17/h7-14,19H,5-6,15H2,1-4H3,(H,26,30)/b24-14-. The summed E-state index contributed by atoms with van der Waals surface area (Å²) >= 11 is 5.36. The maximum absolute atomic E-state index is 6.02. The second kappa shape index (κ2) is 10.2. The van der Waals surface area contributed by atoms with E-state index >= 15 is 0 Å². The molecule has 1 heterocycles. The molecule has 6 nitrogen and oxygen atoms in total. The SMILES string of the molecule is CCC(CC)c1n[nH]c(=S)n1/N=C\c1ccc(OC)c(OCc2ccc(C)cc2)c1. The van der Waals surface area contributed by atoms with Crippen LogP contribution in [0.15, 0.2) is 47.6 Å². The van der Waals surface area contributed by atoms with Gasteiger partial charge in [-0.15, -0.1) is 0 Å². The van der Waals surface area contributed by atoms with Crippen LogP contribution in [0.2, 0.25) is 0 Å². The molecule has 0 aliphatic heterocycles. The summed E-state index contributed by atoms with van der Waals surface area (Å²) in [7, 11) is 1.63. The minimum Gasteiger partial charge on any atom is -0.493 e. The maximum atomic E-state index is 6.02. The van der Waals surface area contributed by atoms with Gasteiger partial charge in [-0.25, -0.2) is 0 Å². The van der Waals surface area contributed by atoms with Crippen LogP contribution in [0.25, 0.3) is 0 Å². The van der Waals surface area contributed by atoms with Crippen LogP contribution in [-0.4, -0.2) is 28.2 Å². The van der Waals surface area contributed by atoms with E-state index in [9.17, 15) is 0 Å². The van der Waals surface area contributed by atoms with Gasteiger partial charge in [-0.2, -0.15) is 14.9 Å². The minimum atomic E-state index is 0.305. The summed E-state index contributed by atoms with van der Waals surface area (Å²) in [6.45, 7) is 6.81. The van der Waals surface area contributed by atoms with Crippen molar-refractivity contribution in [3.8, 4) is 11.5 Å². The molecule has 0 fully saturated rings. The fraction of sp³-hybridized carbons (Fsp3) is 0.348. The van der Waals surface area contributed by atoms with Gasteiger partial charge < -0.3 is 9.47 Å². The van der Waals surface area contributed by atoms with Gasteiger partial charge in [0.05, 0.1) is 13.3 Å². The Kier molecular flexibility index (Phi) is 7.41. The number of rotatable bonds is 9. The Morgan fingerprint density at radius 2 is 1.87 bits per heavy atom. The average molecular weight is 425 g/mol. The molecular weight excluding hydrogens is 396 g/mol. The van der Waals surface area contributed by atoms with Crippen molar-refractivity contribution in [2.24, 2.45) is 5.10 Å². The number of nitrogens with zero attached hydrogens (tertiary/aromatic N) is 3. The van der Waals surface area contributed by atoms with Crippen molar-refractivity contribution in [3.05, 3.63) is 69.8 Å². The second-order valence-corrected chi connectivity index (χ2v) is 7.53. The van der Waals surface area contributed by atoms with Gasteiger partial charge >= 0.3 is 0 Å². The minimum absolute atomic E-state index is 0.305. The number of aromatic nitrogens is 3. The molecule has 0 spiro atoms. The molecular formula is C23H28N4O2S. The van der Waals surface area contributed by atoms with Crippen LogP contribution in [0.3, 0.4) is 0 Å². The van der Waals surface area contributed by atoms with E-state index in [4.69, 9.17) is 21.7 Å². The molecule has 0 unspecified atom stereocenters. The zero-order valence-electron chi connectivity index (χ0n) is 17.9. The quantitative estimate of drug-likeness (QED) is 0.357. The number of hydrogen-bond donors (Lipinski definition) is 1. The Labute approximate surface area is 182 Å². The third-order valence-corrected chi connectivity index (χ3v) is 5.32. The van der Waals surface area contributed by atoms with E-state index in [1.807, 2.05) is 18.2 Å². The fourth-order valence-electron chi connectivity index (χ4n) is 3.19. The lowest BCUT2D eigenvalue weighted by atomic mass is 10.0. The first-order valence-electron chi connectivity index (χ1n) is 10.1. The molecule has 0 radical (unpaired) electrons. The van der Waals surface area contributed by atoms with Crippen LogP contribution in [0.1, 0.15) is 55.1 Å². The topological polar surface area (TPSA) is 64.4 Å². The smallest absolute Gasteiger partial charge is 0.216 e. The number of ether oxygens (including phenoxy) is 2. The Morgan fingerprint density at radius 3 is 2.53 bits per heavy atom. The van der Waals surface area contributed by atoms with Gasteiger partial charge in [0, 0.05) is 5.92 Å². The van der Waals surface area contributed by atoms with Crippen molar-refractivity contribution in [3.63, 3.8) is 0 Å². The van der Waals surface area contributed by atoms with Crippen molar-refractivity contribution >= 4 is 18.4 Å². The van der Waals surface area contributed by atoms with Crippen LogP contribution in [-0.2, 0) is 6.61 Å². The third kappa shape index (κ3) is 5.16. The zero-order chi connectivity index (χ0) is 21.5. The van der Waals surface area contributed by atoms with Crippen LogP contribution >= 0.6 is 12.2 Å². The number of H-pyrrole nitrogens is 1. The highest BCUT2D eigenvalue weighted by molar-refractivity contribution is 7.71. The molecule has 0 atom stereocenters. The number of aromatic amines is 1. The molecule has 2 aromatic carbocycles. The first-order chi connectivity index (χ1) is 14.5. The van der Waals surface area contributed by atoms with E-state index in [-0.39, 0.29) is 0 Å². The largest absolute Gasteiger partial charge is 0.493 e. The number of aryl methyl sites for hydroxylation is 1. The first-order valence-corrected chi connectivity index (χ1v) is 10.5. The monoisotopic (exact) mass is 424 g/mol. The van der Waals surface area contributed by atoms with Crippen LogP contribution in [0.5, 0.6) is 11.5 Å². The Bertz CT molecular complexity index is 1050. The summed E-state index contributed by atoms with van der Waals surface area (Å²) in [5, 5.41) is 11.8. The molecule has 0 aliphatic rings. The van der Waals surface area contributed by atoms with Gasteiger partial charge in [0.25, 0.3) is 0 Å². The Balaban J connectivity index is 1.82. The summed E-state index contributed by atoms with van der Waals surface area (Å²) < 4.78 is 13.7. The first kappa shape index (κ1) is 21.8. The molecule has 3 aromatic rings. The van der Waals surface area contributed by atoms with E-state index in [2.05, 4.69) is 60.3 Å². The normalized spacial score (nSPS) is 11.4. The van der Waals surface area contributed by atoms with Gasteiger partial charge in [0.2, 0.25) is 4.77 Å². The lowest BCUT2D eigenvalue weighted by Gasteiger charge is -2.12. The van der Waals surface area contributed by atoms with Crippen molar-refractivity contribution < 1.29 is 9.47 Å². The van der Waals surface area contributed by atoms with E-state index < -0.39 is 0 Å². The zero-order valence-corrected chi connectivity index (χ0v) is 18.7. The summed E-state index contributed by atoms with van der Waals surface area (Å²) in [5.41, 5.74) is 3.20. The lowest BCUT2D eigenvalue weighted by molar-refractivity contribution is 0.284. The van der Waals surface area contributed by atoms with Crippen molar-refractivity contribution in [2.45, 2.75) is 46.1 Å². The predicted octanol–water partition coefficient (Wildman–Crippen LogP) is 5.62. The van der Waals surface area contributed by atoms with E-state index in [0.717, 1.165) is 29.8 Å². The van der Waals surface area contributed by atoms with Gasteiger partial charge in [0.1, 0.15) is 6.61 Å². The van der Waals surface area contributed by atoms with Gasteiger partial charge in [-0.3, -0.25) is 5.10 Å². The highest BCUT2D eigenvalue weighted by Gasteiger charge is 2.15. The molecule has 30 heavy (non-hydrogen) atoms. The molecule has 0 bridgehead atoms. The Morgan fingerprint density at radius 1 is 1.13 bits per heavy atom. The van der Waals surface area contributed by atoms with Crippen LogP contribution < -0.4 is 9.47 Å². The van der Waals surface area contributed by atoms with Gasteiger partial charge in [0.15, 0.2) is 17.3 Å². The maximum Gasteiger partial charge on any atom is 0.216 e. The van der Waals surface area contributed by atoms with Crippen molar-refractivity contribution in [1.29, 1.82) is 0 Å². The number of benzene rings is 2.